The zero-order valence-corrected chi connectivity index (χ0v) is 11.5. The lowest BCUT2D eigenvalue weighted by molar-refractivity contribution is -0.134. The van der Waals surface area contributed by atoms with Gasteiger partial charge >= 0.3 is 5.97 Å². The molecule has 0 saturated carbocycles. The summed E-state index contributed by atoms with van der Waals surface area (Å²) in [7, 11) is 1.31. The van der Waals surface area contributed by atoms with Crippen LogP contribution in [0.3, 0.4) is 0 Å². The largest absolute Gasteiger partial charge is 0.466 e. The van der Waals surface area contributed by atoms with Crippen molar-refractivity contribution in [2.45, 2.75) is 25.2 Å². The number of epoxide rings is 2. The number of rotatable bonds is 8. The smallest absolute Gasteiger partial charge is 0.329 e. The van der Waals surface area contributed by atoms with Crippen LogP contribution in [0.1, 0.15) is 6.92 Å². The average Bonchev–Trinajstić information content (AvgIpc) is 3.29. The summed E-state index contributed by atoms with van der Waals surface area (Å²) in [5.41, 5.74) is 0. The average molecular weight is 274 g/mol. The van der Waals surface area contributed by atoms with Crippen LogP contribution in [0.25, 0.3) is 0 Å². The lowest BCUT2D eigenvalue weighted by atomic mass is 10.4. The van der Waals surface area contributed by atoms with Crippen LogP contribution in [0.4, 0.5) is 0 Å². The second kappa shape index (κ2) is 9.03. The summed E-state index contributed by atoms with van der Waals surface area (Å²) in [4.78, 5) is 9.84. The molecule has 0 bridgehead atoms. The first-order valence-electron chi connectivity index (χ1n) is 6.28. The Morgan fingerprint density at radius 2 is 1.95 bits per heavy atom. The molecule has 0 radical (unpaired) electrons. The summed E-state index contributed by atoms with van der Waals surface area (Å²) in [6.07, 6.45) is 1.95. The normalized spacial score (nSPS) is 24.7. The van der Waals surface area contributed by atoms with Gasteiger partial charge in [0, 0.05) is 6.08 Å². The fraction of sp³-hybridized carbons (Fsp3) is 0.769. The molecule has 0 aromatic rings. The molecule has 2 aliphatic rings. The van der Waals surface area contributed by atoms with Gasteiger partial charge in [-0.1, -0.05) is 6.58 Å². The molecule has 2 heterocycles. The van der Waals surface area contributed by atoms with Crippen molar-refractivity contribution >= 4 is 5.97 Å². The fourth-order valence-electron chi connectivity index (χ4n) is 1.10. The van der Waals surface area contributed by atoms with Gasteiger partial charge in [-0.3, -0.25) is 0 Å². The Labute approximate surface area is 113 Å². The first kappa shape index (κ1) is 16.1. The van der Waals surface area contributed by atoms with Crippen molar-refractivity contribution in [3.05, 3.63) is 12.7 Å². The monoisotopic (exact) mass is 274 g/mol. The summed E-state index contributed by atoms with van der Waals surface area (Å²) in [5.74, 6) is -0.394. The Morgan fingerprint density at radius 1 is 1.37 bits per heavy atom. The molecule has 0 amide bonds. The Bertz CT molecular complexity index is 272. The third-order valence-electron chi connectivity index (χ3n) is 2.40. The molecule has 0 aromatic carbocycles. The van der Waals surface area contributed by atoms with E-state index in [0.29, 0.717) is 32.0 Å². The third kappa shape index (κ3) is 9.61. The Kier molecular flexibility index (Phi) is 7.66. The van der Waals surface area contributed by atoms with Crippen molar-refractivity contribution in [2.24, 2.45) is 0 Å². The summed E-state index contributed by atoms with van der Waals surface area (Å²) in [5, 5.41) is 0. The molecule has 3 atom stereocenters. The minimum Gasteiger partial charge on any atom is -0.466 e. The van der Waals surface area contributed by atoms with Crippen LogP contribution in [0.2, 0.25) is 0 Å². The Hall–Kier alpha value is -0.950. The summed E-state index contributed by atoms with van der Waals surface area (Å²) < 4.78 is 25.0. The lowest BCUT2D eigenvalue weighted by Crippen LogP contribution is -2.19. The van der Waals surface area contributed by atoms with E-state index in [1.807, 2.05) is 6.92 Å². The lowest BCUT2D eigenvalue weighted by Gasteiger charge is -2.11. The van der Waals surface area contributed by atoms with Gasteiger partial charge in [0.2, 0.25) is 0 Å². The van der Waals surface area contributed by atoms with Crippen LogP contribution < -0.4 is 0 Å². The van der Waals surface area contributed by atoms with Gasteiger partial charge in [0.15, 0.2) is 0 Å². The van der Waals surface area contributed by atoms with E-state index in [9.17, 15) is 4.79 Å². The molecule has 3 unspecified atom stereocenters. The molecule has 0 aliphatic carbocycles. The second-order valence-electron chi connectivity index (χ2n) is 4.32. The van der Waals surface area contributed by atoms with E-state index in [0.717, 1.165) is 19.3 Å². The number of hydrogen-bond donors (Lipinski definition) is 0. The molecule has 6 nitrogen and oxygen atoms in total. The van der Waals surface area contributed by atoms with Gasteiger partial charge in [-0.2, -0.15) is 0 Å². The van der Waals surface area contributed by atoms with E-state index in [1.165, 1.54) is 7.11 Å². The SMILES string of the molecule is C=CC(=O)OC.CC(COCC1CO1)OCC1CO1. The molecule has 6 heteroatoms. The number of methoxy groups -OCH3 is 1. The quantitative estimate of drug-likeness (QED) is 0.366. The maximum Gasteiger partial charge on any atom is 0.329 e. The maximum absolute atomic E-state index is 9.84. The van der Waals surface area contributed by atoms with Crippen molar-refractivity contribution in [2.75, 3.05) is 40.1 Å². The molecule has 0 spiro atoms. The topological polar surface area (TPSA) is 69.8 Å². The molecule has 2 aliphatic heterocycles. The van der Waals surface area contributed by atoms with E-state index in [1.54, 1.807) is 0 Å². The molecular weight excluding hydrogens is 252 g/mol. The highest BCUT2D eigenvalue weighted by atomic mass is 16.6. The highest BCUT2D eigenvalue weighted by molar-refractivity contribution is 5.80. The highest BCUT2D eigenvalue weighted by Gasteiger charge is 2.24. The van der Waals surface area contributed by atoms with E-state index in [-0.39, 0.29) is 6.10 Å². The van der Waals surface area contributed by atoms with Gasteiger partial charge in [0.05, 0.1) is 46.2 Å². The van der Waals surface area contributed by atoms with Crippen LogP contribution >= 0.6 is 0 Å². The number of hydrogen-bond acceptors (Lipinski definition) is 6. The first-order chi connectivity index (χ1) is 9.15. The van der Waals surface area contributed by atoms with Gasteiger partial charge in [0.25, 0.3) is 0 Å². The summed E-state index contributed by atoms with van der Waals surface area (Å²) in [6, 6.07) is 0. The number of carbonyl (C=O) groups is 1. The van der Waals surface area contributed by atoms with Crippen molar-refractivity contribution in [3.63, 3.8) is 0 Å². The van der Waals surface area contributed by atoms with Crippen LogP contribution in [-0.2, 0) is 28.5 Å². The predicted molar refractivity (Wildman–Crippen MR) is 67.9 cm³/mol. The summed E-state index contributed by atoms with van der Waals surface area (Å²) in [6.45, 7) is 8.92. The minimum atomic E-state index is -0.394. The van der Waals surface area contributed by atoms with Crippen LogP contribution in [-0.4, -0.2) is 64.4 Å². The second-order valence-corrected chi connectivity index (χ2v) is 4.32. The molecule has 2 fully saturated rings. The van der Waals surface area contributed by atoms with Crippen LogP contribution in [0.5, 0.6) is 0 Å². The van der Waals surface area contributed by atoms with E-state index in [2.05, 4.69) is 11.3 Å². The van der Waals surface area contributed by atoms with Crippen LogP contribution in [0.15, 0.2) is 12.7 Å². The Balaban J connectivity index is 0.000000258. The molecular formula is C13H22O6. The standard InChI is InChI=1S/C9H16O4.C4H6O2/c1-7(11-4-9-6-13-9)2-10-3-8-5-12-8;1-3-4(5)6-2/h7-9H,2-6H2,1H3;3H,1H2,2H3. The van der Waals surface area contributed by atoms with Gasteiger partial charge in [-0.05, 0) is 6.92 Å². The van der Waals surface area contributed by atoms with Crippen LogP contribution in [0, 0.1) is 0 Å². The van der Waals surface area contributed by atoms with Gasteiger partial charge in [-0.15, -0.1) is 0 Å². The number of ether oxygens (including phenoxy) is 5. The van der Waals surface area contributed by atoms with Gasteiger partial charge in [0.1, 0.15) is 12.2 Å². The van der Waals surface area contributed by atoms with E-state index < -0.39 is 5.97 Å². The molecule has 110 valence electrons. The van der Waals surface area contributed by atoms with Crippen molar-refractivity contribution < 1.29 is 28.5 Å². The van der Waals surface area contributed by atoms with Crippen molar-refractivity contribution in [1.29, 1.82) is 0 Å². The van der Waals surface area contributed by atoms with Gasteiger partial charge < -0.3 is 23.7 Å². The molecule has 2 rings (SSSR count). The fourth-order valence-corrected chi connectivity index (χ4v) is 1.10. The Morgan fingerprint density at radius 3 is 2.37 bits per heavy atom. The zero-order chi connectivity index (χ0) is 14.1. The zero-order valence-electron chi connectivity index (χ0n) is 11.5. The van der Waals surface area contributed by atoms with Crippen molar-refractivity contribution in [3.8, 4) is 0 Å². The van der Waals surface area contributed by atoms with E-state index in [4.69, 9.17) is 18.9 Å². The van der Waals surface area contributed by atoms with Crippen molar-refractivity contribution in [1.82, 2.24) is 0 Å². The minimum absolute atomic E-state index is 0.156. The molecule has 0 N–H and O–H groups in total. The third-order valence-corrected chi connectivity index (χ3v) is 2.40. The predicted octanol–water partition coefficient (Wildman–Crippen LogP) is 0.551. The summed E-state index contributed by atoms with van der Waals surface area (Å²) >= 11 is 0. The van der Waals surface area contributed by atoms with Gasteiger partial charge in [-0.25, -0.2) is 4.79 Å². The number of esters is 1. The molecule has 19 heavy (non-hydrogen) atoms. The molecule has 0 aromatic heterocycles. The highest BCUT2D eigenvalue weighted by Crippen LogP contribution is 2.11. The number of carbonyl (C=O) groups excluding carboxylic acids is 1. The van der Waals surface area contributed by atoms with E-state index >= 15 is 0 Å². The first-order valence-corrected chi connectivity index (χ1v) is 6.28. The maximum atomic E-state index is 9.84. The molecule has 2 saturated heterocycles.